The number of nitrogens with zero attached hydrogens (tertiary/aromatic N) is 1. The SMILES string of the molecule is CCCN(CCC)C(=O)c1cc(C)cc(C(=O)N[C@@H](Cc2cc(F)cc(F)c2)[C@@H](O)C[C@@H](C)C(=O)NC(C)C)c1. The number of hydrogen-bond donors (Lipinski definition) is 3. The van der Waals surface area contributed by atoms with Crippen LogP contribution in [0.3, 0.4) is 0 Å². The van der Waals surface area contributed by atoms with Gasteiger partial charge in [0.2, 0.25) is 5.91 Å². The van der Waals surface area contributed by atoms with Crippen molar-refractivity contribution in [3.8, 4) is 0 Å². The number of amides is 3. The van der Waals surface area contributed by atoms with E-state index in [1.807, 2.05) is 27.7 Å². The lowest BCUT2D eigenvalue weighted by atomic mass is 9.93. The Kier molecular flexibility index (Phi) is 12.7. The molecule has 0 aliphatic heterocycles. The van der Waals surface area contributed by atoms with Gasteiger partial charge >= 0.3 is 0 Å². The third-order valence-electron chi connectivity index (χ3n) is 6.49. The maximum Gasteiger partial charge on any atom is 0.253 e. The zero-order chi connectivity index (χ0) is 30.0. The van der Waals surface area contributed by atoms with E-state index < -0.39 is 35.6 Å². The Hall–Kier alpha value is -3.33. The van der Waals surface area contributed by atoms with Crippen LogP contribution in [0.2, 0.25) is 0 Å². The van der Waals surface area contributed by atoms with Gasteiger partial charge < -0.3 is 20.6 Å². The van der Waals surface area contributed by atoms with Gasteiger partial charge in [0, 0.05) is 42.2 Å². The van der Waals surface area contributed by atoms with E-state index in [1.54, 1.807) is 30.9 Å². The van der Waals surface area contributed by atoms with E-state index in [2.05, 4.69) is 10.6 Å². The van der Waals surface area contributed by atoms with Crippen LogP contribution in [0.4, 0.5) is 8.78 Å². The molecule has 0 aromatic heterocycles. The van der Waals surface area contributed by atoms with Crippen LogP contribution in [0, 0.1) is 24.5 Å². The van der Waals surface area contributed by atoms with E-state index >= 15 is 0 Å². The summed E-state index contributed by atoms with van der Waals surface area (Å²) >= 11 is 0. The molecular weight excluding hydrogens is 516 g/mol. The molecule has 0 aliphatic rings. The van der Waals surface area contributed by atoms with E-state index in [9.17, 15) is 28.3 Å². The number of hydrogen-bond acceptors (Lipinski definition) is 4. The fourth-order valence-electron chi connectivity index (χ4n) is 4.65. The first-order chi connectivity index (χ1) is 18.8. The zero-order valence-electron chi connectivity index (χ0n) is 24.4. The minimum atomic E-state index is -1.20. The van der Waals surface area contributed by atoms with Crippen molar-refractivity contribution >= 4 is 17.7 Å². The van der Waals surface area contributed by atoms with Gasteiger partial charge in [0.05, 0.1) is 12.1 Å². The first kappa shape index (κ1) is 32.9. The Labute approximate surface area is 236 Å². The molecule has 3 N–H and O–H groups in total. The summed E-state index contributed by atoms with van der Waals surface area (Å²) in [6.07, 6.45) is 0.358. The fraction of sp³-hybridized carbons (Fsp3) is 0.516. The molecule has 0 spiro atoms. The number of aliphatic hydroxyl groups is 1. The topological polar surface area (TPSA) is 98.7 Å². The summed E-state index contributed by atoms with van der Waals surface area (Å²) in [6.45, 7) is 12.3. The second kappa shape index (κ2) is 15.5. The Bertz CT molecular complexity index is 1150. The van der Waals surface area contributed by atoms with E-state index in [1.165, 1.54) is 6.07 Å². The monoisotopic (exact) mass is 559 g/mol. The largest absolute Gasteiger partial charge is 0.391 e. The molecule has 2 rings (SSSR count). The summed E-state index contributed by atoms with van der Waals surface area (Å²) in [5, 5.41) is 16.7. The molecule has 0 saturated carbocycles. The highest BCUT2D eigenvalue weighted by Crippen LogP contribution is 2.18. The van der Waals surface area contributed by atoms with Crippen LogP contribution in [-0.2, 0) is 11.2 Å². The summed E-state index contributed by atoms with van der Waals surface area (Å²) in [6, 6.07) is 6.88. The predicted octanol–water partition coefficient (Wildman–Crippen LogP) is 4.79. The van der Waals surface area contributed by atoms with Crippen molar-refractivity contribution in [1.29, 1.82) is 0 Å². The highest BCUT2D eigenvalue weighted by molar-refractivity contribution is 6.00. The Morgan fingerprint density at radius 1 is 0.875 bits per heavy atom. The van der Waals surface area contributed by atoms with Gasteiger partial charge in [-0.15, -0.1) is 0 Å². The summed E-state index contributed by atoms with van der Waals surface area (Å²) < 4.78 is 27.8. The van der Waals surface area contributed by atoms with Gasteiger partial charge in [0.1, 0.15) is 11.6 Å². The van der Waals surface area contributed by atoms with Crippen LogP contribution in [-0.4, -0.2) is 59.0 Å². The first-order valence-corrected chi connectivity index (χ1v) is 14.0. The Morgan fingerprint density at radius 3 is 2.00 bits per heavy atom. The lowest BCUT2D eigenvalue weighted by molar-refractivity contribution is -0.126. The molecule has 0 unspecified atom stereocenters. The average Bonchev–Trinajstić information content (AvgIpc) is 2.86. The number of halogens is 2. The second-order valence-corrected chi connectivity index (χ2v) is 10.8. The number of carbonyl (C=O) groups excluding carboxylic acids is 3. The number of benzene rings is 2. The van der Waals surface area contributed by atoms with Crippen molar-refractivity contribution in [3.63, 3.8) is 0 Å². The number of nitrogens with one attached hydrogen (secondary N) is 2. The van der Waals surface area contributed by atoms with Crippen molar-refractivity contribution in [2.45, 2.75) is 85.4 Å². The van der Waals surface area contributed by atoms with Gasteiger partial charge in [-0.25, -0.2) is 8.78 Å². The van der Waals surface area contributed by atoms with Crippen LogP contribution in [0.25, 0.3) is 0 Å². The molecule has 0 aliphatic carbocycles. The average molecular weight is 560 g/mol. The van der Waals surface area contributed by atoms with E-state index in [0.717, 1.165) is 31.0 Å². The molecule has 3 amide bonds. The molecule has 0 saturated heterocycles. The van der Waals surface area contributed by atoms with E-state index in [0.29, 0.717) is 24.2 Å². The second-order valence-electron chi connectivity index (χ2n) is 10.8. The molecule has 0 bridgehead atoms. The van der Waals surface area contributed by atoms with Gasteiger partial charge in [-0.1, -0.05) is 20.8 Å². The normalized spacial score (nSPS) is 13.4. The molecular formula is C31H43F2N3O4. The summed E-state index contributed by atoms with van der Waals surface area (Å²) in [5.74, 6) is -3.09. The fourth-order valence-corrected chi connectivity index (χ4v) is 4.65. The molecule has 7 nitrogen and oxygen atoms in total. The van der Waals surface area contributed by atoms with Crippen LogP contribution in [0.1, 0.15) is 85.7 Å². The summed E-state index contributed by atoms with van der Waals surface area (Å²) in [7, 11) is 0. The van der Waals surface area contributed by atoms with E-state index in [4.69, 9.17) is 0 Å². The van der Waals surface area contributed by atoms with Crippen LogP contribution in [0.15, 0.2) is 36.4 Å². The molecule has 40 heavy (non-hydrogen) atoms. The summed E-state index contributed by atoms with van der Waals surface area (Å²) in [5.41, 5.74) is 1.57. The maximum absolute atomic E-state index is 13.9. The number of aliphatic hydroxyl groups excluding tert-OH is 1. The standard InChI is InChI=1S/C31H43F2N3O4/c1-7-9-36(10-8-2)31(40)24-12-20(5)11-23(17-24)30(39)35-27(16-22-14-25(32)18-26(33)15-22)28(37)13-21(6)29(38)34-19(3)4/h11-12,14-15,17-19,21,27-28,37H,7-10,13,16H2,1-6H3,(H,34,38)(H,35,39)/t21-,27+,28+/m1/s1. The first-order valence-electron chi connectivity index (χ1n) is 14.0. The van der Waals surface area contributed by atoms with Crippen LogP contribution < -0.4 is 10.6 Å². The molecule has 0 heterocycles. The van der Waals surface area contributed by atoms with Gasteiger partial charge in [0.15, 0.2) is 0 Å². The van der Waals surface area contributed by atoms with Crippen molar-refractivity contribution in [3.05, 3.63) is 70.3 Å². The minimum Gasteiger partial charge on any atom is -0.391 e. The molecule has 3 atom stereocenters. The lowest BCUT2D eigenvalue weighted by Gasteiger charge is -2.27. The van der Waals surface area contributed by atoms with Crippen LogP contribution in [0.5, 0.6) is 0 Å². The lowest BCUT2D eigenvalue weighted by Crippen LogP contribution is -2.47. The van der Waals surface area contributed by atoms with Gasteiger partial charge in [-0.3, -0.25) is 14.4 Å². The number of aryl methyl sites for hydroxylation is 1. The number of rotatable bonds is 14. The smallest absolute Gasteiger partial charge is 0.253 e. The van der Waals surface area contributed by atoms with Crippen molar-refractivity contribution in [1.82, 2.24) is 15.5 Å². The van der Waals surface area contributed by atoms with Crippen molar-refractivity contribution < 1.29 is 28.3 Å². The summed E-state index contributed by atoms with van der Waals surface area (Å²) in [4.78, 5) is 40.8. The highest BCUT2D eigenvalue weighted by Gasteiger charge is 2.28. The Morgan fingerprint density at radius 2 is 1.45 bits per heavy atom. The maximum atomic E-state index is 13.9. The predicted molar refractivity (Wildman–Crippen MR) is 152 cm³/mol. The molecule has 2 aromatic carbocycles. The molecule has 0 radical (unpaired) electrons. The van der Waals surface area contributed by atoms with Crippen molar-refractivity contribution in [2.24, 2.45) is 5.92 Å². The zero-order valence-corrected chi connectivity index (χ0v) is 24.4. The third kappa shape index (κ3) is 10.0. The molecule has 2 aromatic rings. The minimum absolute atomic E-state index is 0.0157. The third-order valence-corrected chi connectivity index (χ3v) is 6.49. The van der Waals surface area contributed by atoms with Gasteiger partial charge in [0.25, 0.3) is 11.8 Å². The molecule has 0 fully saturated rings. The molecule has 220 valence electrons. The van der Waals surface area contributed by atoms with Gasteiger partial charge in [-0.05, 0) is 87.9 Å². The highest BCUT2D eigenvalue weighted by atomic mass is 19.1. The quantitative estimate of drug-likeness (QED) is 0.310. The molecule has 9 heteroatoms. The van der Waals surface area contributed by atoms with Crippen molar-refractivity contribution in [2.75, 3.05) is 13.1 Å². The van der Waals surface area contributed by atoms with Gasteiger partial charge in [-0.2, -0.15) is 0 Å². The Balaban J connectivity index is 2.34. The van der Waals surface area contributed by atoms with E-state index in [-0.39, 0.29) is 41.8 Å². The number of carbonyl (C=O) groups is 3. The van der Waals surface area contributed by atoms with Crippen LogP contribution >= 0.6 is 0 Å².